The maximum atomic E-state index is 6.61. The van der Waals surface area contributed by atoms with Gasteiger partial charge in [-0.25, -0.2) is 4.98 Å². The Hall–Kier alpha value is -7.37. The summed E-state index contributed by atoms with van der Waals surface area (Å²) in [5, 5.41) is 2.35. The molecule has 3 heterocycles. The summed E-state index contributed by atoms with van der Waals surface area (Å²) in [5.41, 5.74) is 16.0. The van der Waals surface area contributed by atoms with Crippen LogP contribution in [0, 0.1) is 0 Å². The summed E-state index contributed by atoms with van der Waals surface area (Å²) in [6, 6.07) is 63.3. The second-order valence-corrected chi connectivity index (χ2v) is 15.3. The van der Waals surface area contributed by atoms with Crippen LogP contribution in [-0.4, -0.2) is 28.2 Å². The molecule has 2 aliphatic carbocycles. The second-order valence-electron chi connectivity index (χ2n) is 15.3. The van der Waals surface area contributed by atoms with Crippen molar-refractivity contribution in [3.05, 3.63) is 216 Å². The molecular formula is C52H36N4O. The third kappa shape index (κ3) is 4.54. The number of fused-ring (bicyclic) bond motifs is 13. The van der Waals surface area contributed by atoms with Crippen LogP contribution in [0.3, 0.4) is 0 Å². The normalized spacial score (nSPS) is 14.5. The number of hydrogen-bond donors (Lipinski definition) is 0. The Kier molecular flexibility index (Phi) is 6.76. The van der Waals surface area contributed by atoms with E-state index in [9.17, 15) is 0 Å². The van der Waals surface area contributed by atoms with Gasteiger partial charge in [-0.15, -0.1) is 0 Å². The van der Waals surface area contributed by atoms with Crippen LogP contribution in [0.5, 0.6) is 11.5 Å². The van der Waals surface area contributed by atoms with Gasteiger partial charge in [0.1, 0.15) is 17.3 Å². The van der Waals surface area contributed by atoms with Crippen molar-refractivity contribution in [2.45, 2.75) is 5.41 Å². The molecule has 0 N–H and O–H groups in total. The van der Waals surface area contributed by atoms with Gasteiger partial charge in [0.05, 0.1) is 28.8 Å². The molecule has 7 aromatic carbocycles. The third-order valence-electron chi connectivity index (χ3n) is 12.3. The first-order valence-corrected chi connectivity index (χ1v) is 19.5. The molecule has 0 saturated carbocycles. The molecule has 2 aromatic heterocycles. The van der Waals surface area contributed by atoms with Gasteiger partial charge in [-0.3, -0.25) is 4.57 Å². The topological polar surface area (TPSA) is 33.5 Å². The number of hydrogen-bond acceptors (Lipinski definition) is 4. The highest BCUT2D eigenvalue weighted by atomic mass is 16.5. The summed E-state index contributed by atoms with van der Waals surface area (Å²) >= 11 is 0. The molecular weight excluding hydrogens is 697 g/mol. The van der Waals surface area contributed by atoms with Crippen LogP contribution in [0.15, 0.2) is 188 Å². The van der Waals surface area contributed by atoms with Crippen molar-refractivity contribution in [3.63, 3.8) is 0 Å². The average molecular weight is 733 g/mol. The summed E-state index contributed by atoms with van der Waals surface area (Å²) in [6.45, 7) is 0.725. The predicted octanol–water partition coefficient (Wildman–Crippen LogP) is 12.0. The van der Waals surface area contributed by atoms with Gasteiger partial charge >= 0.3 is 0 Å². The molecule has 0 atom stereocenters. The smallest absolute Gasteiger partial charge is 0.137 e. The number of pyridine rings is 1. The van der Waals surface area contributed by atoms with Gasteiger partial charge in [0, 0.05) is 48.0 Å². The van der Waals surface area contributed by atoms with E-state index >= 15 is 0 Å². The Morgan fingerprint density at radius 2 is 1.18 bits per heavy atom. The SMILES string of the molecule is CN1CN(c2cccc(Oc3ccc4c5ccccc5n(-c5ccccn5)c4c3)c2)C=C1c1ccc2c(c1)C1(c3ccccc3-c3ccccc31)c1ccccc1-2. The van der Waals surface area contributed by atoms with Gasteiger partial charge in [-0.05, 0) is 98.6 Å². The minimum Gasteiger partial charge on any atom is -0.457 e. The Bertz CT molecular complexity index is 3060. The molecule has 0 radical (unpaired) electrons. The first kappa shape index (κ1) is 31.9. The van der Waals surface area contributed by atoms with E-state index in [0.29, 0.717) is 0 Å². The van der Waals surface area contributed by atoms with E-state index < -0.39 is 0 Å². The zero-order valence-corrected chi connectivity index (χ0v) is 31.3. The Balaban J connectivity index is 0.909. The second kappa shape index (κ2) is 12.1. The van der Waals surface area contributed by atoms with Crippen LogP contribution in [0.25, 0.3) is 55.6 Å². The summed E-state index contributed by atoms with van der Waals surface area (Å²) in [7, 11) is 2.18. The van der Waals surface area contributed by atoms with Crippen molar-refractivity contribution in [1.82, 2.24) is 14.5 Å². The molecule has 0 saturated heterocycles. The van der Waals surface area contributed by atoms with E-state index in [1.807, 2.05) is 30.5 Å². The van der Waals surface area contributed by atoms with Crippen LogP contribution in [0.2, 0.25) is 0 Å². The van der Waals surface area contributed by atoms with E-state index in [4.69, 9.17) is 9.72 Å². The minimum atomic E-state index is -0.368. The van der Waals surface area contributed by atoms with E-state index in [0.717, 1.165) is 46.1 Å². The van der Waals surface area contributed by atoms with Gasteiger partial charge in [-0.1, -0.05) is 115 Å². The van der Waals surface area contributed by atoms with Crippen LogP contribution in [0.1, 0.15) is 27.8 Å². The maximum absolute atomic E-state index is 6.61. The lowest BCUT2D eigenvalue weighted by Gasteiger charge is -2.31. The molecule has 0 amide bonds. The molecule has 9 aromatic rings. The van der Waals surface area contributed by atoms with Gasteiger partial charge in [0.25, 0.3) is 0 Å². The highest BCUT2D eigenvalue weighted by Gasteiger charge is 2.51. The molecule has 5 heteroatoms. The molecule has 0 unspecified atom stereocenters. The number of benzene rings is 7. The third-order valence-corrected chi connectivity index (χ3v) is 12.3. The lowest BCUT2D eigenvalue weighted by atomic mass is 9.70. The zero-order chi connectivity index (χ0) is 37.7. The maximum Gasteiger partial charge on any atom is 0.137 e. The standard InChI is InChI=1S/C52H36N4O/c1-54-33-55(35-13-12-14-36(30-35)57-37-25-27-43-42-18-5-9-22-48(42)56(49(43)31-37)51-23-10-11-28-53-51)32-50(54)34-24-26-41-40-17-4-8-21-46(40)52(47(41)29-34)44-19-6-2-15-38(44)39-16-3-7-20-45(39)52/h2-32H,33H2,1H3. The van der Waals surface area contributed by atoms with E-state index in [1.165, 1.54) is 61.2 Å². The predicted molar refractivity (Wildman–Crippen MR) is 231 cm³/mol. The summed E-state index contributed by atoms with van der Waals surface area (Å²) in [4.78, 5) is 9.34. The van der Waals surface area contributed by atoms with Crippen molar-refractivity contribution < 1.29 is 4.74 Å². The monoisotopic (exact) mass is 732 g/mol. The molecule has 0 fully saturated rings. The minimum absolute atomic E-state index is 0.368. The fourth-order valence-electron chi connectivity index (χ4n) is 9.91. The number of nitrogens with zero attached hydrogens (tertiary/aromatic N) is 4. The molecule has 57 heavy (non-hydrogen) atoms. The molecule has 1 aliphatic heterocycles. The number of para-hydroxylation sites is 1. The number of rotatable bonds is 5. The molecule has 3 aliphatic rings. The van der Waals surface area contributed by atoms with Gasteiger partial charge in [-0.2, -0.15) is 0 Å². The fourth-order valence-corrected chi connectivity index (χ4v) is 9.91. The molecule has 0 bridgehead atoms. The van der Waals surface area contributed by atoms with Crippen LogP contribution < -0.4 is 9.64 Å². The number of anilines is 1. The molecule has 270 valence electrons. The number of aromatic nitrogens is 2. The van der Waals surface area contributed by atoms with Crippen molar-refractivity contribution in [1.29, 1.82) is 0 Å². The first-order chi connectivity index (χ1) is 28.2. The van der Waals surface area contributed by atoms with Crippen LogP contribution in [0.4, 0.5) is 5.69 Å². The Morgan fingerprint density at radius 1 is 0.526 bits per heavy atom. The van der Waals surface area contributed by atoms with E-state index in [-0.39, 0.29) is 5.41 Å². The number of ether oxygens (including phenoxy) is 1. The lowest BCUT2D eigenvalue weighted by Crippen LogP contribution is -2.26. The molecule has 5 nitrogen and oxygen atoms in total. The van der Waals surface area contributed by atoms with Gasteiger partial charge in [0.2, 0.25) is 0 Å². The largest absolute Gasteiger partial charge is 0.457 e. The first-order valence-electron chi connectivity index (χ1n) is 19.5. The van der Waals surface area contributed by atoms with Crippen molar-refractivity contribution in [3.8, 4) is 39.6 Å². The Morgan fingerprint density at radius 3 is 1.91 bits per heavy atom. The lowest BCUT2D eigenvalue weighted by molar-refractivity contribution is 0.482. The van der Waals surface area contributed by atoms with Gasteiger partial charge in [0.15, 0.2) is 0 Å². The van der Waals surface area contributed by atoms with Gasteiger partial charge < -0.3 is 14.5 Å². The Labute approximate surface area is 331 Å². The quantitative estimate of drug-likeness (QED) is 0.176. The summed E-state index contributed by atoms with van der Waals surface area (Å²) in [6.07, 6.45) is 4.12. The van der Waals surface area contributed by atoms with Crippen molar-refractivity contribution in [2.24, 2.45) is 0 Å². The van der Waals surface area contributed by atoms with Crippen molar-refractivity contribution in [2.75, 3.05) is 18.6 Å². The van der Waals surface area contributed by atoms with Crippen LogP contribution in [-0.2, 0) is 5.41 Å². The summed E-state index contributed by atoms with van der Waals surface area (Å²) < 4.78 is 8.82. The highest BCUT2D eigenvalue weighted by Crippen LogP contribution is 2.63. The molecule has 12 rings (SSSR count). The average Bonchev–Trinajstić information content (AvgIpc) is 3.99. The van der Waals surface area contributed by atoms with E-state index in [2.05, 4.69) is 179 Å². The van der Waals surface area contributed by atoms with Crippen LogP contribution >= 0.6 is 0 Å². The highest BCUT2D eigenvalue weighted by molar-refractivity contribution is 6.09. The zero-order valence-electron chi connectivity index (χ0n) is 31.3. The molecule has 1 spiro atoms. The van der Waals surface area contributed by atoms with E-state index in [1.54, 1.807) is 0 Å². The fraction of sp³-hybridized carbons (Fsp3) is 0.0577. The summed E-state index contributed by atoms with van der Waals surface area (Å²) in [5.74, 6) is 2.44. The van der Waals surface area contributed by atoms with Crippen molar-refractivity contribution >= 4 is 33.2 Å².